The second-order valence-electron chi connectivity index (χ2n) is 5.71. The summed E-state index contributed by atoms with van der Waals surface area (Å²) in [6.45, 7) is 8.27. The maximum absolute atomic E-state index is 13.7. The lowest BCUT2D eigenvalue weighted by atomic mass is 9.90. The van der Waals surface area contributed by atoms with Gasteiger partial charge in [-0.05, 0) is 50.5 Å². The molecule has 0 aliphatic carbocycles. The van der Waals surface area contributed by atoms with Crippen LogP contribution in [0.15, 0.2) is 24.3 Å². The van der Waals surface area contributed by atoms with E-state index in [4.69, 9.17) is 0 Å². The first-order valence-electron chi connectivity index (χ1n) is 7.42. The van der Waals surface area contributed by atoms with E-state index in [1.165, 1.54) is 6.07 Å². The Bertz CT molecular complexity index is 632. The molecule has 4 heteroatoms. The first-order chi connectivity index (χ1) is 9.87. The van der Waals surface area contributed by atoms with Gasteiger partial charge in [-0.1, -0.05) is 19.1 Å². The smallest absolute Gasteiger partial charge is 0.126 e. The van der Waals surface area contributed by atoms with Crippen LogP contribution in [0.1, 0.15) is 43.3 Å². The first kappa shape index (κ1) is 15.7. The average Bonchev–Trinajstić information content (AvgIpc) is 2.83. The molecule has 0 amide bonds. The van der Waals surface area contributed by atoms with Crippen LogP contribution < -0.4 is 0 Å². The van der Waals surface area contributed by atoms with Crippen LogP contribution in [0, 0.1) is 12.7 Å². The number of hydrogen-bond acceptors (Lipinski definition) is 2. The molecule has 0 aliphatic heterocycles. The number of hydrogen-bond donors (Lipinski definition) is 1. The SMILES string of the molecule is CCc1cc(CC(C)(O)c2ccc(C)c(F)c2)n(CC)n1. The molecule has 114 valence electrons. The highest BCUT2D eigenvalue weighted by atomic mass is 19.1. The van der Waals surface area contributed by atoms with Gasteiger partial charge in [-0.15, -0.1) is 0 Å². The predicted molar refractivity (Wildman–Crippen MR) is 81.7 cm³/mol. The van der Waals surface area contributed by atoms with Crippen molar-refractivity contribution in [1.82, 2.24) is 9.78 Å². The minimum atomic E-state index is -1.12. The molecule has 2 aromatic rings. The third kappa shape index (κ3) is 3.32. The fraction of sp³-hybridized carbons (Fsp3) is 0.471. The van der Waals surface area contributed by atoms with Crippen molar-refractivity contribution >= 4 is 0 Å². The van der Waals surface area contributed by atoms with Crippen molar-refractivity contribution in [3.63, 3.8) is 0 Å². The van der Waals surface area contributed by atoms with Gasteiger partial charge in [-0.3, -0.25) is 4.68 Å². The van der Waals surface area contributed by atoms with Crippen LogP contribution >= 0.6 is 0 Å². The number of rotatable bonds is 5. The van der Waals surface area contributed by atoms with Gasteiger partial charge in [0.25, 0.3) is 0 Å². The Morgan fingerprint density at radius 2 is 2.00 bits per heavy atom. The zero-order valence-electron chi connectivity index (χ0n) is 13.2. The molecule has 0 aliphatic rings. The van der Waals surface area contributed by atoms with E-state index in [2.05, 4.69) is 12.0 Å². The largest absolute Gasteiger partial charge is 0.385 e. The van der Waals surface area contributed by atoms with Crippen LogP contribution in [0.2, 0.25) is 0 Å². The van der Waals surface area contributed by atoms with E-state index < -0.39 is 5.60 Å². The summed E-state index contributed by atoms with van der Waals surface area (Å²) in [7, 11) is 0. The van der Waals surface area contributed by atoms with Gasteiger partial charge in [0.15, 0.2) is 0 Å². The van der Waals surface area contributed by atoms with E-state index in [1.54, 1.807) is 26.0 Å². The molecule has 0 radical (unpaired) electrons. The Morgan fingerprint density at radius 1 is 1.29 bits per heavy atom. The molecule has 0 fully saturated rings. The summed E-state index contributed by atoms with van der Waals surface area (Å²) in [5.74, 6) is -0.286. The lowest BCUT2D eigenvalue weighted by molar-refractivity contribution is 0.0550. The van der Waals surface area contributed by atoms with E-state index in [1.807, 2.05) is 17.7 Å². The second kappa shape index (κ2) is 5.98. The number of aryl methyl sites for hydroxylation is 3. The van der Waals surface area contributed by atoms with Crippen molar-refractivity contribution in [3.8, 4) is 0 Å². The molecule has 2 rings (SSSR count). The average molecular weight is 290 g/mol. The van der Waals surface area contributed by atoms with E-state index in [9.17, 15) is 9.50 Å². The molecule has 1 heterocycles. The molecule has 3 nitrogen and oxygen atoms in total. The standard InChI is InChI=1S/C17H23FN2O/c1-5-14-10-15(20(6-2)19-14)11-17(4,21)13-8-7-12(3)16(18)9-13/h7-10,21H,5-6,11H2,1-4H3. The van der Waals surface area contributed by atoms with Crippen LogP contribution in [0.25, 0.3) is 0 Å². The van der Waals surface area contributed by atoms with Gasteiger partial charge in [0, 0.05) is 18.7 Å². The van der Waals surface area contributed by atoms with Crippen molar-refractivity contribution < 1.29 is 9.50 Å². The Hall–Kier alpha value is -1.68. The van der Waals surface area contributed by atoms with Gasteiger partial charge >= 0.3 is 0 Å². The highest BCUT2D eigenvalue weighted by Crippen LogP contribution is 2.27. The van der Waals surface area contributed by atoms with Crippen molar-refractivity contribution in [2.75, 3.05) is 0 Å². The zero-order chi connectivity index (χ0) is 15.6. The number of halogens is 1. The van der Waals surface area contributed by atoms with Crippen LogP contribution in [-0.2, 0) is 25.0 Å². The molecule has 0 saturated carbocycles. The molecule has 0 saturated heterocycles. The van der Waals surface area contributed by atoms with Crippen LogP contribution in [0.5, 0.6) is 0 Å². The van der Waals surface area contributed by atoms with Gasteiger partial charge in [0.05, 0.1) is 11.3 Å². The summed E-state index contributed by atoms with van der Waals surface area (Å²) in [4.78, 5) is 0. The molecule has 0 spiro atoms. The van der Waals surface area contributed by atoms with Crippen LogP contribution in [0.3, 0.4) is 0 Å². The number of benzene rings is 1. The highest BCUT2D eigenvalue weighted by Gasteiger charge is 2.26. The van der Waals surface area contributed by atoms with Crippen LogP contribution in [0.4, 0.5) is 4.39 Å². The molecule has 1 aromatic heterocycles. The third-order valence-corrected chi connectivity index (χ3v) is 3.89. The van der Waals surface area contributed by atoms with E-state index >= 15 is 0 Å². The molecule has 1 aromatic carbocycles. The Labute approximate surface area is 125 Å². The molecular weight excluding hydrogens is 267 g/mol. The second-order valence-corrected chi connectivity index (χ2v) is 5.71. The zero-order valence-corrected chi connectivity index (χ0v) is 13.2. The molecule has 0 bridgehead atoms. The fourth-order valence-corrected chi connectivity index (χ4v) is 2.49. The van der Waals surface area contributed by atoms with E-state index in [-0.39, 0.29) is 5.82 Å². The molecule has 1 atom stereocenters. The maximum atomic E-state index is 13.7. The summed E-state index contributed by atoms with van der Waals surface area (Å²) >= 11 is 0. The van der Waals surface area contributed by atoms with Crippen molar-refractivity contribution in [2.45, 2.75) is 52.7 Å². The van der Waals surface area contributed by atoms with Gasteiger partial charge in [-0.25, -0.2) is 4.39 Å². The summed E-state index contributed by atoms with van der Waals surface area (Å²) in [6, 6.07) is 6.92. The molecular formula is C17H23FN2O. The number of aliphatic hydroxyl groups is 1. The Morgan fingerprint density at radius 3 is 2.57 bits per heavy atom. The number of aromatic nitrogens is 2. The van der Waals surface area contributed by atoms with Crippen LogP contribution in [-0.4, -0.2) is 14.9 Å². The van der Waals surface area contributed by atoms with Crippen molar-refractivity contribution in [2.24, 2.45) is 0 Å². The Balaban J connectivity index is 2.31. The Kier molecular flexibility index (Phi) is 4.47. The van der Waals surface area contributed by atoms with Crippen molar-refractivity contribution in [3.05, 3.63) is 52.6 Å². The van der Waals surface area contributed by atoms with Gasteiger partial charge in [-0.2, -0.15) is 5.10 Å². The van der Waals surface area contributed by atoms with E-state index in [0.717, 1.165) is 24.4 Å². The third-order valence-electron chi connectivity index (χ3n) is 3.89. The van der Waals surface area contributed by atoms with Crippen molar-refractivity contribution in [1.29, 1.82) is 0 Å². The molecule has 1 unspecified atom stereocenters. The summed E-state index contributed by atoms with van der Waals surface area (Å²) < 4.78 is 15.6. The quantitative estimate of drug-likeness (QED) is 0.917. The van der Waals surface area contributed by atoms with Gasteiger partial charge in [0.1, 0.15) is 5.82 Å². The normalized spacial score (nSPS) is 14.2. The van der Waals surface area contributed by atoms with Gasteiger partial charge in [0.2, 0.25) is 0 Å². The summed E-state index contributed by atoms with van der Waals surface area (Å²) in [6.07, 6.45) is 1.28. The summed E-state index contributed by atoms with van der Waals surface area (Å²) in [5, 5.41) is 15.2. The van der Waals surface area contributed by atoms with Gasteiger partial charge < -0.3 is 5.11 Å². The molecule has 1 N–H and O–H groups in total. The first-order valence-corrected chi connectivity index (χ1v) is 7.42. The fourth-order valence-electron chi connectivity index (χ4n) is 2.49. The number of nitrogens with zero attached hydrogens (tertiary/aromatic N) is 2. The van der Waals surface area contributed by atoms with E-state index in [0.29, 0.717) is 17.5 Å². The summed E-state index contributed by atoms with van der Waals surface area (Å²) in [5.41, 5.74) is 2.04. The lowest BCUT2D eigenvalue weighted by Gasteiger charge is -2.24. The topological polar surface area (TPSA) is 38.0 Å². The molecule has 21 heavy (non-hydrogen) atoms. The predicted octanol–water partition coefficient (Wildman–Crippen LogP) is 3.36. The maximum Gasteiger partial charge on any atom is 0.126 e. The minimum absolute atomic E-state index is 0.286. The lowest BCUT2D eigenvalue weighted by Crippen LogP contribution is -2.26. The monoisotopic (exact) mass is 290 g/mol. The highest BCUT2D eigenvalue weighted by molar-refractivity contribution is 5.29. The minimum Gasteiger partial charge on any atom is -0.385 e.